The summed E-state index contributed by atoms with van der Waals surface area (Å²) < 4.78 is 11.6. The highest BCUT2D eigenvalue weighted by molar-refractivity contribution is 4.99. The lowest BCUT2D eigenvalue weighted by Gasteiger charge is -2.19. The molecule has 1 unspecified atom stereocenters. The first-order valence-corrected chi connectivity index (χ1v) is 5.09. The molecule has 1 saturated carbocycles. The Labute approximate surface area is 79.9 Å². The molecule has 0 N–H and O–H groups in total. The second kappa shape index (κ2) is 3.10. The zero-order valence-corrected chi connectivity index (χ0v) is 8.62. The summed E-state index contributed by atoms with van der Waals surface area (Å²) in [6.45, 7) is 6.06. The molecule has 2 aliphatic rings. The third-order valence-corrected chi connectivity index (χ3v) is 2.82. The number of hydrogen-bond acceptors (Lipinski definition) is 2. The van der Waals surface area contributed by atoms with Crippen molar-refractivity contribution < 1.29 is 9.47 Å². The summed E-state index contributed by atoms with van der Waals surface area (Å²) in [5, 5.41) is 0. The van der Waals surface area contributed by atoms with Crippen LogP contribution in [0.15, 0.2) is 12.2 Å². The van der Waals surface area contributed by atoms with E-state index >= 15 is 0 Å². The summed E-state index contributed by atoms with van der Waals surface area (Å²) in [7, 11) is 0. The molecule has 0 aromatic carbocycles. The topological polar surface area (TPSA) is 18.5 Å². The quantitative estimate of drug-likeness (QED) is 0.580. The van der Waals surface area contributed by atoms with Gasteiger partial charge in [-0.05, 0) is 39.5 Å². The van der Waals surface area contributed by atoms with Crippen molar-refractivity contribution in [2.75, 3.05) is 0 Å². The first kappa shape index (κ1) is 9.22. The Bertz CT molecular complexity index is 204. The van der Waals surface area contributed by atoms with Crippen LogP contribution in [0.3, 0.4) is 0 Å². The maximum atomic E-state index is 5.79. The fraction of sp³-hybridized carbons (Fsp3) is 0.818. The lowest BCUT2D eigenvalue weighted by Crippen LogP contribution is -2.22. The van der Waals surface area contributed by atoms with Gasteiger partial charge in [-0.1, -0.05) is 12.2 Å². The van der Waals surface area contributed by atoms with E-state index in [0.717, 1.165) is 12.8 Å². The highest BCUT2D eigenvalue weighted by Gasteiger charge is 2.46. The number of hydrogen-bond donors (Lipinski definition) is 0. The predicted molar refractivity (Wildman–Crippen MR) is 51.4 cm³/mol. The monoisotopic (exact) mass is 182 g/mol. The zero-order chi connectivity index (χ0) is 9.47. The summed E-state index contributed by atoms with van der Waals surface area (Å²) in [5.74, 6) is 0.312. The third kappa shape index (κ3) is 1.79. The van der Waals surface area contributed by atoms with Gasteiger partial charge in [0.25, 0.3) is 0 Å². The maximum Gasteiger partial charge on any atom is 0.163 e. The summed E-state index contributed by atoms with van der Waals surface area (Å²) in [6, 6.07) is 0. The van der Waals surface area contributed by atoms with E-state index in [2.05, 4.69) is 19.1 Å². The van der Waals surface area contributed by atoms with E-state index in [9.17, 15) is 0 Å². The number of fused-ring (bicyclic) bond motifs is 1. The van der Waals surface area contributed by atoms with E-state index < -0.39 is 0 Å². The van der Waals surface area contributed by atoms with Gasteiger partial charge in [-0.3, -0.25) is 0 Å². The molecule has 0 amide bonds. The van der Waals surface area contributed by atoms with Gasteiger partial charge in [-0.25, -0.2) is 0 Å². The molecule has 0 aromatic rings. The highest BCUT2D eigenvalue weighted by atomic mass is 16.8. The van der Waals surface area contributed by atoms with Gasteiger partial charge >= 0.3 is 0 Å². The zero-order valence-electron chi connectivity index (χ0n) is 8.62. The van der Waals surface area contributed by atoms with Crippen molar-refractivity contribution in [3.05, 3.63) is 12.2 Å². The average Bonchev–Trinajstić information content (AvgIpc) is 2.41. The van der Waals surface area contributed by atoms with Crippen molar-refractivity contribution in [2.45, 2.75) is 51.6 Å². The Morgan fingerprint density at radius 2 is 1.69 bits per heavy atom. The van der Waals surface area contributed by atoms with Crippen LogP contribution in [0, 0.1) is 5.92 Å². The van der Waals surface area contributed by atoms with Gasteiger partial charge in [0.2, 0.25) is 0 Å². The minimum absolute atomic E-state index is 0.330. The van der Waals surface area contributed by atoms with Crippen molar-refractivity contribution in [2.24, 2.45) is 5.92 Å². The summed E-state index contributed by atoms with van der Waals surface area (Å²) >= 11 is 0. The summed E-state index contributed by atoms with van der Waals surface area (Å²) in [5.41, 5.74) is 0. The van der Waals surface area contributed by atoms with Gasteiger partial charge in [0.15, 0.2) is 5.79 Å². The minimum atomic E-state index is -0.351. The van der Waals surface area contributed by atoms with Crippen LogP contribution in [0.5, 0.6) is 0 Å². The molecular formula is C11H18O2. The fourth-order valence-corrected chi connectivity index (χ4v) is 2.43. The molecule has 1 saturated heterocycles. The first-order valence-electron chi connectivity index (χ1n) is 5.09. The Morgan fingerprint density at radius 1 is 1.15 bits per heavy atom. The molecule has 0 spiro atoms. The molecule has 2 rings (SSSR count). The Kier molecular flexibility index (Phi) is 2.20. The van der Waals surface area contributed by atoms with Crippen molar-refractivity contribution in [3.8, 4) is 0 Å². The molecule has 74 valence electrons. The lowest BCUT2D eigenvalue weighted by atomic mass is 10.1. The van der Waals surface area contributed by atoms with E-state index in [0.29, 0.717) is 18.1 Å². The molecule has 2 nitrogen and oxygen atoms in total. The summed E-state index contributed by atoms with van der Waals surface area (Å²) in [6.07, 6.45) is 7.29. The predicted octanol–water partition coefficient (Wildman–Crippen LogP) is 2.49. The summed E-state index contributed by atoms with van der Waals surface area (Å²) in [4.78, 5) is 0. The van der Waals surface area contributed by atoms with E-state index in [1.54, 1.807) is 0 Å². The number of allylic oxidation sites excluding steroid dienone is 2. The van der Waals surface area contributed by atoms with Gasteiger partial charge in [0.1, 0.15) is 0 Å². The molecule has 0 aromatic heterocycles. The van der Waals surface area contributed by atoms with Crippen LogP contribution in [0.1, 0.15) is 33.6 Å². The van der Waals surface area contributed by atoms with E-state index in [4.69, 9.17) is 9.47 Å². The van der Waals surface area contributed by atoms with Crippen LogP contribution in [0.2, 0.25) is 0 Å². The number of rotatable bonds is 1. The highest BCUT2D eigenvalue weighted by Crippen LogP contribution is 2.41. The standard InChI is InChI=1S/C11H18O2/c1-4-5-8-6-9-10(7-8)13-11(2,3)12-9/h4-5,8-10H,6-7H2,1-3H3/b5-4+/t8?,9-,10+. The van der Waals surface area contributed by atoms with Crippen LogP contribution < -0.4 is 0 Å². The lowest BCUT2D eigenvalue weighted by molar-refractivity contribution is -0.152. The normalized spacial score (nSPS) is 42.8. The van der Waals surface area contributed by atoms with Gasteiger partial charge < -0.3 is 9.47 Å². The minimum Gasteiger partial charge on any atom is -0.345 e. The molecule has 0 bridgehead atoms. The van der Waals surface area contributed by atoms with E-state index in [-0.39, 0.29) is 5.79 Å². The SMILES string of the molecule is C/C=C/C1C[C@@H]2OC(C)(C)O[C@@H]2C1. The van der Waals surface area contributed by atoms with Gasteiger partial charge in [0.05, 0.1) is 12.2 Å². The van der Waals surface area contributed by atoms with Crippen molar-refractivity contribution in [1.29, 1.82) is 0 Å². The van der Waals surface area contributed by atoms with Gasteiger partial charge in [0, 0.05) is 0 Å². The molecule has 1 heterocycles. The Hall–Kier alpha value is -0.340. The van der Waals surface area contributed by atoms with Crippen LogP contribution in [0.4, 0.5) is 0 Å². The van der Waals surface area contributed by atoms with Crippen LogP contribution >= 0.6 is 0 Å². The van der Waals surface area contributed by atoms with E-state index in [1.807, 2.05) is 13.8 Å². The fourth-order valence-electron chi connectivity index (χ4n) is 2.43. The smallest absolute Gasteiger partial charge is 0.163 e. The second-order valence-electron chi connectivity index (χ2n) is 4.47. The molecule has 1 aliphatic carbocycles. The first-order chi connectivity index (χ1) is 6.11. The molecule has 1 aliphatic heterocycles. The van der Waals surface area contributed by atoms with Crippen LogP contribution in [-0.2, 0) is 9.47 Å². The number of ether oxygens (including phenoxy) is 2. The molecule has 2 fully saturated rings. The van der Waals surface area contributed by atoms with Crippen molar-refractivity contribution in [1.82, 2.24) is 0 Å². The largest absolute Gasteiger partial charge is 0.345 e. The molecular weight excluding hydrogens is 164 g/mol. The second-order valence-corrected chi connectivity index (χ2v) is 4.47. The van der Waals surface area contributed by atoms with Gasteiger partial charge in [-0.2, -0.15) is 0 Å². The van der Waals surface area contributed by atoms with Crippen LogP contribution in [-0.4, -0.2) is 18.0 Å². The molecule has 0 radical (unpaired) electrons. The van der Waals surface area contributed by atoms with Crippen molar-refractivity contribution >= 4 is 0 Å². The van der Waals surface area contributed by atoms with Crippen LogP contribution in [0.25, 0.3) is 0 Å². The van der Waals surface area contributed by atoms with Gasteiger partial charge in [-0.15, -0.1) is 0 Å². The molecule has 13 heavy (non-hydrogen) atoms. The maximum absolute atomic E-state index is 5.79. The van der Waals surface area contributed by atoms with Crippen molar-refractivity contribution in [3.63, 3.8) is 0 Å². The third-order valence-electron chi connectivity index (χ3n) is 2.82. The molecule has 2 heteroatoms. The molecule has 3 atom stereocenters. The average molecular weight is 182 g/mol. The Morgan fingerprint density at radius 3 is 2.15 bits per heavy atom. The van der Waals surface area contributed by atoms with E-state index in [1.165, 1.54) is 0 Å². The Balaban J connectivity index is 1.97.